The monoisotopic (exact) mass is 316 g/mol. The fourth-order valence-corrected chi connectivity index (χ4v) is 2.67. The highest BCUT2D eigenvalue weighted by Gasteiger charge is 2.11. The maximum Gasteiger partial charge on any atom is 0.111 e. The zero-order valence-corrected chi connectivity index (χ0v) is 13.0. The molecule has 0 atom stereocenters. The zero-order chi connectivity index (χ0) is 14.8. The summed E-state index contributed by atoms with van der Waals surface area (Å²) >= 11 is 12.2. The summed E-state index contributed by atoms with van der Waals surface area (Å²) in [6.07, 6.45) is 0.739. The van der Waals surface area contributed by atoms with Crippen LogP contribution in [0.4, 0.5) is 0 Å². The molecule has 0 aliphatic heterocycles. The van der Waals surface area contributed by atoms with Crippen molar-refractivity contribution in [1.82, 2.24) is 9.97 Å². The Labute approximate surface area is 133 Å². The first kappa shape index (κ1) is 14.2. The predicted molar refractivity (Wildman–Crippen MR) is 88.0 cm³/mol. The van der Waals surface area contributed by atoms with Gasteiger partial charge in [0.1, 0.15) is 5.82 Å². The number of imidazole rings is 1. The van der Waals surface area contributed by atoms with Crippen LogP contribution < -0.4 is 0 Å². The third-order valence-corrected chi connectivity index (χ3v) is 3.93. The van der Waals surface area contributed by atoms with Gasteiger partial charge in [0.05, 0.1) is 10.7 Å². The smallest absolute Gasteiger partial charge is 0.111 e. The molecule has 0 radical (unpaired) electrons. The molecule has 0 aliphatic rings. The third-order valence-electron chi connectivity index (χ3n) is 3.35. The van der Waals surface area contributed by atoms with E-state index in [0.29, 0.717) is 5.02 Å². The molecule has 0 aliphatic carbocycles. The molecule has 3 aromatic rings. The Hall–Kier alpha value is -1.77. The minimum Gasteiger partial charge on any atom is -0.345 e. The van der Waals surface area contributed by atoms with Crippen molar-refractivity contribution in [3.63, 3.8) is 0 Å². The van der Waals surface area contributed by atoms with Gasteiger partial charge >= 0.3 is 0 Å². The number of benzene rings is 2. The second-order valence-electron chi connectivity index (χ2n) is 4.94. The minimum atomic E-state index is 0.713. The van der Waals surface area contributed by atoms with Crippen LogP contribution in [-0.2, 0) is 6.42 Å². The Morgan fingerprint density at radius 2 is 1.71 bits per heavy atom. The SMILES string of the molecule is Cc1[nH]c(Cc2ccc(Cl)cc2)nc1-c1ccccc1Cl. The van der Waals surface area contributed by atoms with Gasteiger partial charge in [-0.2, -0.15) is 0 Å². The molecular weight excluding hydrogens is 303 g/mol. The fourth-order valence-electron chi connectivity index (χ4n) is 2.32. The summed E-state index contributed by atoms with van der Waals surface area (Å²) in [6, 6.07) is 15.5. The normalized spacial score (nSPS) is 10.8. The van der Waals surface area contributed by atoms with Crippen molar-refractivity contribution in [2.45, 2.75) is 13.3 Å². The molecule has 0 bridgehead atoms. The van der Waals surface area contributed by atoms with Crippen molar-refractivity contribution in [3.8, 4) is 11.3 Å². The highest BCUT2D eigenvalue weighted by Crippen LogP contribution is 2.28. The number of halogens is 2. The van der Waals surface area contributed by atoms with Crippen molar-refractivity contribution in [2.75, 3.05) is 0 Å². The van der Waals surface area contributed by atoms with Crippen LogP contribution in [0.25, 0.3) is 11.3 Å². The lowest BCUT2D eigenvalue weighted by Crippen LogP contribution is -1.90. The summed E-state index contributed by atoms with van der Waals surface area (Å²) in [5.41, 5.74) is 4.05. The molecule has 106 valence electrons. The van der Waals surface area contributed by atoms with Crippen LogP contribution in [0.5, 0.6) is 0 Å². The Balaban J connectivity index is 1.91. The van der Waals surface area contributed by atoms with Crippen LogP contribution in [0, 0.1) is 6.92 Å². The van der Waals surface area contributed by atoms with Crippen molar-refractivity contribution in [3.05, 3.63) is 75.7 Å². The Morgan fingerprint density at radius 3 is 2.43 bits per heavy atom. The number of H-pyrrole nitrogens is 1. The van der Waals surface area contributed by atoms with Crippen LogP contribution in [-0.4, -0.2) is 9.97 Å². The molecule has 0 spiro atoms. The number of aromatic nitrogens is 2. The van der Waals surface area contributed by atoms with Gasteiger partial charge in [-0.1, -0.05) is 53.5 Å². The first-order valence-corrected chi connectivity index (χ1v) is 7.44. The molecule has 1 heterocycles. The Bertz CT molecular complexity index is 761. The molecule has 4 heteroatoms. The van der Waals surface area contributed by atoms with Crippen LogP contribution in [0.3, 0.4) is 0 Å². The molecule has 0 fully saturated rings. The summed E-state index contributed by atoms with van der Waals surface area (Å²) < 4.78 is 0. The number of aromatic amines is 1. The first-order chi connectivity index (χ1) is 10.1. The van der Waals surface area contributed by atoms with E-state index in [1.165, 1.54) is 5.56 Å². The highest BCUT2D eigenvalue weighted by molar-refractivity contribution is 6.33. The summed E-state index contributed by atoms with van der Waals surface area (Å²) in [7, 11) is 0. The largest absolute Gasteiger partial charge is 0.345 e. The fraction of sp³-hybridized carbons (Fsp3) is 0.118. The predicted octanol–water partition coefficient (Wildman–Crippen LogP) is 5.28. The quantitative estimate of drug-likeness (QED) is 0.699. The maximum atomic E-state index is 6.25. The second-order valence-corrected chi connectivity index (χ2v) is 5.78. The molecule has 0 amide bonds. The number of aryl methyl sites for hydroxylation is 1. The molecule has 3 rings (SSSR count). The van der Waals surface area contributed by atoms with Gasteiger partial charge in [-0.05, 0) is 30.7 Å². The van der Waals surface area contributed by atoms with Gasteiger partial charge in [0.2, 0.25) is 0 Å². The topological polar surface area (TPSA) is 28.7 Å². The number of rotatable bonds is 3. The molecule has 2 aromatic carbocycles. The number of nitrogens with one attached hydrogen (secondary N) is 1. The summed E-state index contributed by atoms with van der Waals surface area (Å²) in [6.45, 7) is 2.01. The molecule has 21 heavy (non-hydrogen) atoms. The van der Waals surface area contributed by atoms with Gasteiger partial charge in [0.25, 0.3) is 0 Å². The van der Waals surface area contributed by atoms with E-state index in [1.54, 1.807) is 0 Å². The van der Waals surface area contributed by atoms with Gasteiger partial charge < -0.3 is 4.98 Å². The average molecular weight is 317 g/mol. The van der Waals surface area contributed by atoms with Crippen molar-refractivity contribution in [1.29, 1.82) is 0 Å². The van der Waals surface area contributed by atoms with E-state index in [-0.39, 0.29) is 0 Å². The van der Waals surface area contributed by atoms with Crippen LogP contribution in [0.15, 0.2) is 48.5 Å². The lowest BCUT2D eigenvalue weighted by atomic mass is 10.1. The lowest BCUT2D eigenvalue weighted by molar-refractivity contribution is 1.02. The Kier molecular flexibility index (Phi) is 4.00. The highest BCUT2D eigenvalue weighted by atomic mass is 35.5. The standard InChI is InChI=1S/C17H14Cl2N2/c1-11-17(14-4-2-3-5-15(14)19)21-16(20-11)10-12-6-8-13(18)9-7-12/h2-9H,10H2,1H3,(H,20,21). The first-order valence-electron chi connectivity index (χ1n) is 6.68. The van der Waals surface area contributed by atoms with E-state index in [2.05, 4.69) is 9.97 Å². The average Bonchev–Trinajstić information content (AvgIpc) is 2.83. The molecule has 0 saturated heterocycles. The molecule has 2 nitrogen and oxygen atoms in total. The third kappa shape index (κ3) is 3.12. The van der Waals surface area contributed by atoms with E-state index >= 15 is 0 Å². The molecular formula is C17H14Cl2N2. The zero-order valence-electron chi connectivity index (χ0n) is 11.5. The summed E-state index contributed by atoms with van der Waals surface area (Å²) in [5.74, 6) is 0.921. The van der Waals surface area contributed by atoms with Gasteiger partial charge in [-0.15, -0.1) is 0 Å². The molecule has 1 aromatic heterocycles. The summed E-state index contributed by atoms with van der Waals surface area (Å²) in [4.78, 5) is 8.02. The lowest BCUT2D eigenvalue weighted by Gasteiger charge is -2.01. The number of nitrogens with zero attached hydrogens (tertiary/aromatic N) is 1. The molecule has 0 unspecified atom stereocenters. The van der Waals surface area contributed by atoms with Crippen molar-refractivity contribution in [2.24, 2.45) is 0 Å². The summed E-state index contributed by atoms with van der Waals surface area (Å²) in [5, 5.41) is 1.45. The van der Waals surface area contributed by atoms with E-state index in [4.69, 9.17) is 23.2 Å². The van der Waals surface area contributed by atoms with E-state index < -0.39 is 0 Å². The van der Waals surface area contributed by atoms with Crippen molar-refractivity contribution < 1.29 is 0 Å². The van der Waals surface area contributed by atoms with E-state index in [0.717, 1.165) is 34.2 Å². The second kappa shape index (κ2) is 5.92. The van der Waals surface area contributed by atoms with E-state index in [9.17, 15) is 0 Å². The Morgan fingerprint density at radius 1 is 1.00 bits per heavy atom. The van der Waals surface area contributed by atoms with Crippen LogP contribution in [0.1, 0.15) is 17.1 Å². The van der Waals surface area contributed by atoms with Crippen LogP contribution >= 0.6 is 23.2 Å². The van der Waals surface area contributed by atoms with Gasteiger partial charge in [-0.3, -0.25) is 0 Å². The van der Waals surface area contributed by atoms with Crippen LogP contribution in [0.2, 0.25) is 10.0 Å². The van der Waals surface area contributed by atoms with E-state index in [1.807, 2.05) is 55.5 Å². The minimum absolute atomic E-state index is 0.713. The molecule has 1 N–H and O–H groups in total. The van der Waals surface area contributed by atoms with Gasteiger partial charge in [0.15, 0.2) is 0 Å². The number of hydrogen-bond donors (Lipinski definition) is 1. The van der Waals surface area contributed by atoms with Gasteiger partial charge in [-0.25, -0.2) is 4.98 Å². The molecule has 0 saturated carbocycles. The number of hydrogen-bond acceptors (Lipinski definition) is 1. The maximum absolute atomic E-state index is 6.25. The van der Waals surface area contributed by atoms with Gasteiger partial charge in [0, 0.05) is 22.7 Å². The van der Waals surface area contributed by atoms with Crippen molar-refractivity contribution >= 4 is 23.2 Å².